The molecule has 0 atom stereocenters. The van der Waals surface area contributed by atoms with Gasteiger partial charge in [-0.1, -0.05) is 126 Å². The summed E-state index contributed by atoms with van der Waals surface area (Å²) in [6, 6.07) is 33.2. The van der Waals surface area contributed by atoms with Gasteiger partial charge in [-0.3, -0.25) is 0 Å². The lowest BCUT2D eigenvalue weighted by atomic mass is 9.78. The molecule has 0 N–H and O–H groups in total. The number of halogens is 4. The van der Waals surface area contributed by atoms with Gasteiger partial charge in [0, 0.05) is 11.1 Å². The fourth-order valence-electron chi connectivity index (χ4n) is 6.97. The Labute approximate surface area is 289 Å². The predicted molar refractivity (Wildman–Crippen MR) is 195 cm³/mol. The van der Waals surface area contributed by atoms with Gasteiger partial charge in [0.15, 0.2) is 0 Å². The molecule has 0 aliphatic heterocycles. The third-order valence-electron chi connectivity index (χ3n) is 9.80. The second-order valence-electron chi connectivity index (χ2n) is 12.9. The predicted octanol–water partition coefficient (Wildman–Crippen LogP) is 13.7. The Hall–Kier alpha value is -3.40. The van der Waals surface area contributed by atoms with E-state index in [2.05, 4.69) is 96.6 Å². The third kappa shape index (κ3) is 10.3. The molecule has 0 radical (unpaired) electrons. The highest BCUT2D eigenvalue weighted by Gasteiger charge is 2.22. The Kier molecular flexibility index (Phi) is 13.1. The van der Waals surface area contributed by atoms with Crippen molar-refractivity contribution in [3.05, 3.63) is 137 Å². The molecule has 2 aliphatic rings. The summed E-state index contributed by atoms with van der Waals surface area (Å²) >= 11 is 11.4. The zero-order valence-electron chi connectivity index (χ0n) is 27.0. The molecule has 2 fully saturated rings. The Bertz CT molecular complexity index is 1550. The highest BCUT2D eigenvalue weighted by atomic mass is 35.5. The summed E-state index contributed by atoms with van der Waals surface area (Å²) in [5.74, 6) is 2.79. The topological polar surface area (TPSA) is 9.23 Å². The van der Waals surface area contributed by atoms with E-state index in [1.54, 1.807) is 35.3 Å². The van der Waals surface area contributed by atoms with E-state index >= 15 is 0 Å². The Balaban J connectivity index is 0.000000186. The minimum Gasteiger partial charge on any atom is -0.435 e. The molecule has 0 aromatic heterocycles. The van der Waals surface area contributed by atoms with Gasteiger partial charge in [-0.15, -0.1) is 0 Å². The van der Waals surface area contributed by atoms with Gasteiger partial charge in [0.05, 0.1) is 0 Å². The van der Waals surface area contributed by atoms with Crippen LogP contribution in [0.3, 0.4) is 0 Å². The second-order valence-corrected chi connectivity index (χ2v) is 13.4. The average molecular weight is 674 g/mol. The standard InChI is InChI=1S/C21H21ClF2O.C21H23Cl/c22-14-13-15-1-3-16(4-2-15)17-5-7-18(8-6-17)19-9-11-20(12-10-19)25-21(23)24;1-16-2-6-18(7-3-16)20-10-12-21(13-11-20)19-8-4-17(5-9-19)14-15-22/h5-16,21H,1-4H2;2-3,6-7,10-15,17,19H,4-5,8-9H2,1H3/b14-13+;15-14+. The SMILES string of the molecule is Cc1ccc(-c2ccc(C3CCC(/C=C/Cl)CC3)cc2)cc1.FC(F)Oc1ccc(-c2ccc(C3CCC(/C=C/Cl)CC3)cc2)cc1. The van der Waals surface area contributed by atoms with E-state index in [1.165, 1.54) is 79.2 Å². The van der Waals surface area contributed by atoms with Gasteiger partial charge in [-0.05, 0) is 127 Å². The highest BCUT2D eigenvalue weighted by Crippen LogP contribution is 2.38. The maximum Gasteiger partial charge on any atom is 0.387 e. The molecule has 0 heterocycles. The molecule has 246 valence electrons. The molecule has 4 aromatic rings. The number of benzene rings is 4. The van der Waals surface area contributed by atoms with E-state index in [1.807, 2.05) is 0 Å². The quantitative estimate of drug-likeness (QED) is 0.181. The summed E-state index contributed by atoms with van der Waals surface area (Å²) in [7, 11) is 0. The van der Waals surface area contributed by atoms with E-state index in [0.717, 1.165) is 11.1 Å². The minimum atomic E-state index is -2.79. The number of ether oxygens (including phenoxy) is 1. The first-order valence-corrected chi connectivity index (χ1v) is 17.6. The van der Waals surface area contributed by atoms with E-state index < -0.39 is 6.61 Å². The summed E-state index contributed by atoms with van der Waals surface area (Å²) in [4.78, 5) is 0. The van der Waals surface area contributed by atoms with Gasteiger partial charge >= 0.3 is 6.61 Å². The van der Waals surface area contributed by atoms with E-state index in [9.17, 15) is 8.78 Å². The van der Waals surface area contributed by atoms with Gasteiger partial charge in [0.25, 0.3) is 0 Å². The molecule has 47 heavy (non-hydrogen) atoms. The highest BCUT2D eigenvalue weighted by molar-refractivity contribution is 6.25. The Morgan fingerprint density at radius 2 is 0.872 bits per heavy atom. The number of alkyl halides is 2. The summed E-state index contributed by atoms with van der Waals surface area (Å²) in [5, 5.41) is 0. The molecule has 1 nitrogen and oxygen atoms in total. The monoisotopic (exact) mass is 672 g/mol. The summed E-state index contributed by atoms with van der Waals surface area (Å²) in [6.07, 6.45) is 14.0. The van der Waals surface area contributed by atoms with Crippen LogP contribution in [0, 0.1) is 18.8 Å². The van der Waals surface area contributed by atoms with Crippen LogP contribution in [-0.4, -0.2) is 6.61 Å². The van der Waals surface area contributed by atoms with Crippen molar-refractivity contribution in [1.82, 2.24) is 0 Å². The van der Waals surface area contributed by atoms with Gasteiger partial charge < -0.3 is 4.74 Å². The lowest BCUT2D eigenvalue weighted by molar-refractivity contribution is -0.0498. The lowest BCUT2D eigenvalue weighted by Crippen LogP contribution is -2.11. The zero-order chi connectivity index (χ0) is 33.0. The Morgan fingerprint density at radius 1 is 0.532 bits per heavy atom. The van der Waals surface area contributed by atoms with Crippen LogP contribution in [0.4, 0.5) is 8.78 Å². The largest absolute Gasteiger partial charge is 0.435 e. The van der Waals surface area contributed by atoms with Crippen LogP contribution in [0.15, 0.2) is 120 Å². The normalized spacial score (nSPS) is 21.5. The van der Waals surface area contributed by atoms with Crippen LogP contribution in [0.1, 0.15) is 79.9 Å². The van der Waals surface area contributed by atoms with Gasteiger partial charge in [-0.2, -0.15) is 8.78 Å². The molecule has 2 aliphatic carbocycles. The third-order valence-corrected chi connectivity index (χ3v) is 10.1. The van der Waals surface area contributed by atoms with Crippen LogP contribution in [-0.2, 0) is 0 Å². The van der Waals surface area contributed by atoms with Crippen molar-refractivity contribution in [2.24, 2.45) is 11.8 Å². The van der Waals surface area contributed by atoms with Crippen LogP contribution in [0.5, 0.6) is 5.75 Å². The number of rotatable bonds is 8. The summed E-state index contributed by atoms with van der Waals surface area (Å²) < 4.78 is 28.8. The second kappa shape index (κ2) is 17.7. The molecular weight excluding hydrogens is 629 g/mol. The first kappa shape index (κ1) is 34.9. The van der Waals surface area contributed by atoms with Gasteiger partial charge in [-0.25, -0.2) is 0 Å². The lowest BCUT2D eigenvalue weighted by Gasteiger charge is -2.27. The molecule has 0 spiro atoms. The molecule has 4 aromatic carbocycles. The van der Waals surface area contributed by atoms with Crippen molar-refractivity contribution < 1.29 is 13.5 Å². The number of hydrogen-bond acceptors (Lipinski definition) is 1. The fourth-order valence-corrected chi connectivity index (χ4v) is 7.38. The molecule has 5 heteroatoms. The number of hydrogen-bond donors (Lipinski definition) is 0. The van der Waals surface area contributed by atoms with Crippen LogP contribution in [0.25, 0.3) is 22.3 Å². The van der Waals surface area contributed by atoms with Crippen molar-refractivity contribution in [1.29, 1.82) is 0 Å². The van der Waals surface area contributed by atoms with Crippen molar-refractivity contribution in [3.63, 3.8) is 0 Å². The molecule has 6 rings (SSSR count). The minimum absolute atomic E-state index is 0.179. The average Bonchev–Trinajstić information content (AvgIpc) is 3.10. The van der Waals surface area contributed by atoms with Crippen molar-refractivity contribution >= 4 is 23.2 Å². The van der Waals surface area contributed by atoms with Crippen LogP contribution in [0.2, 0.25) is 0 Å². The maximum atomic E-state index is 12.2. The van der Waals surface area contributed by atoms with Gasteiger partial charge in [0.1, 0.15) is 5.75 Å². The van der Waals surface area contributed by atoms with E-state index in [0.29, 0.717) is 23.7 Å². The van der Waals surface area contributed by atoms with Crippen molar-refractivity contribution in [3.8, 4) is 28.0 Å². The smallest absolute Gasteiger partial charge is 0.387 e. The van der Waals surface area contributed by atoms with E-state index in [4.69, 9.17) is 23.2 Å². The summed E-state index contributed by atoms with van der Waals surface area (Å²) in [5.41, 5.74) is 12.2. The maximum absolute atomic E-state index is 12.2. The molecule has 0 unspecified atom stereocenters. The summed E-state index contributed by atoms with van der Waals surface area (Å²) in [6.45, 7) is -0.664. The number of allylic oxidation sites excluding steroid dienone is 2. The molecule has 0 saturated heterocycles. The van der Waals surface area contributed by atoms with Crippen molar-refractivity contribution in [2.75, 3.05) is 0 Å². The molecule has 2 saturated carbocycles. The van der Waals surface area contributed by atoms with Crippen molar-refractivity contribution in [2.45, 2.75) is 76.7 Å². The molecule has 0 bridgehead atoms. The molecule has 0 amide bonds. The zero-order valence-corrected chi connectivity index (χ0v) is 28.5. The first-order chi connectivity index (χ1) is 22.9. The fraction of sp³-hybridized carbons (Fsp3) is 0.333. The van der Waals surface area contributed by atoms with Gasteiger partial charge in [0.2, 0.25) is 0 Å². The number of aryl methyl sites for hydroxylation is 1. The Morgan fingerprint density at radius 3 is 1.21 bits per heavy atom. The van der Waals surface area contributed by atoms with Crippen LogP contribution >= 0.6 is 23.2 Å². The van der Waals surface area contributed by atoms with Crippen LogP contribution < -0.4 is 4.74 Å². The van der Waals surface area contributed by atoms with E-state index in [-0.39, 0.29) is 5.75 Å². The first-order valence-electron chi connectivity index (χ1n) is 16.8. The molecular formula is C42H44Cl2F2O.